The Morgan fingerprint density at radius 2 is 2.06 bits per heavy atom. The van der Waals surface area contributed by atoms with Gasteiger partial charge in [-0.3, -0.25) is 0 Å². The molecule has 98 valence electrons. The SMILES string of the molecule is COc1ccc(CNC(=S)N[C@@H](C)C2CC2)cc1. The first-order valence-electron chi connectivity index (χ1n) is 6.36. The molecule has 1 aliphatic rings. The van der Waals surface area contributed by atoms with Gasteiger partial charge in [-0.25, -0.2) is 0 Å². The van der Waals surface area contributed by atoms with Gasteiger partial charge in [0.15, 0.2) is 5.11 Å². The summed E-state index contributed by atoms with van der Waals surface area (Å²) in [4.78, 5) is 0. The van der Waals surface area contributed by atoms with E-state index in [9.17, 15) is 0 Å². The third-order valence-corrected chi connectivity index (χ3v) is 3.56. The number of thiocarbonyl (C=S) groups is 1. The van der Waals surface area contributed by atoms with Gasteiger partial charge in [0.1, 0.15) is 5.75 Å². The minimum absolute atomic E-state index is 0.487. The van der Waals surface area contributed by atoms with Crippen molar-refractivity contribution < 1.29 is 4.74 Å². The summed E-state index contributed by atoms with van der Waals surface area (Å²) in [5, 5.41) is 7.30. The van der Waals surface area contributed by atoms with Gasteiger partial charge in [0.25, 0.3) is 0 Å². The molecule has 1 aromatic rings. The summed E-state index contributed by atoms with van der Waals surface area (Å²) in [7, 11) is 1.67. The first-order chi connectivity index (χ1) is 8.69. The molecule has 1 saturated carbocycles. The van der Waals surface area contributed by atoms with Crippen molar-refractivity contribution in [1.29, 1.82) is 0 Å². The molecule has 0 spiro atoms. The highest BCUT2D eigenvalue weighted by atomic mass is 32.1. The fourth-order valence-electron chi connectivity index (χ4n) is 1.90. The number of ether oxygens (including phenoxy) is 1. The minimum Gasteiger partial charge on any atom is -0.497 e. The Hall–Kier alpha value is -1.29. The first kappa shape index (κ1) is 13.1. The lowest BCUT2D eigenvalue weighted by atomic mass is 10.2. The molecule has 3 nitrogen and oxygen atoms in total. The van der Waals surface area contributed by atoms with Crippen LogP contribution in [0, 0.1) is 5.92 Å². The maximum absolute atomic E-state index is 5.28. The van der Waals surface area contributed by atoms with Crippen molar-refractivity contribution in [2.24, 2.45) is 5.92 Å². The maximum Gasteiger partial charge on any atom is 0.166 e. The second-order valence-corrected chi connectivity index (χ2v) is 5.21. The van der Waals surface area contributed by atoms with Crippen LogP contribution in [0.3, 0.4) is 0 Å². The molecule has 1 aliphatic carbocycles. The standard InChI is InChI=1S/C14H20N2OS/c1-10(12-5-6-12)16-14(18)15-9-11-3-7-13(17-2)8-4-11/h3-4,7-8,10,12H,5-6,9H2,1-2H3,(H2,15,16,18)/t10-/m0/s1. The molecule has 2 rings (SSSR count). The Morgan fingerprint density at radius 1 is 1.39 bits per heavy atom. The van der Waals surface area contributed by atoms with E-state index in [0.29, 0.717) is 6.04 Å². The zero-order valence-electron chi connectivity index (χ0n) is 10.9. The molecule has 0 aromatic heterocycles. The Balaban J connectivity index is 1.74. The van der Waals surface area contributed by atoms with E-state index in [1.807, 2.05) is 24.3 Å². The second-order valence-electron chi connectivity index (χ2n) is 4.80. The Morgan fingerprint density at radius 3 is 2.61 bits per heavy atom. The van der Waals surface area contributed by atoms with Crippen molar-refractivity contribution in [2.75, 3.05) is 7.11 Å². The number of rotatable bonds is 5. The van der Waals surface area contributed by atoms with Crippen molar-refractivity contribution in [3.8, 4) is 5.75 Å². The lowest BCUT2D eigenvalue weighted by Crippen LogP contribution is -2.41. The van der Waals surface area contributed by atoms with Crippen LogP contribution in [0.1, 0.15) is 25.3 Å². The molecule has 0 aliphatic heterocycles. The molecule has 0 radical (unpaired) electrons. The molecule has 0 heterocycles. The van der Waals surface area contributed by atoms with E-state index < -0.39 is 0 Å². The van der Waals surface area contributed by atoms with Gasteiger partial charge >= 0.3 is 0 Å². The fraction of sp³-hybridized carbons (Fsp3) is 0.500. The molecule has 18 heavy (non-hydrogen) atoms. The normalized spacial score (nSPS) is 15.9. The molecule has 4 heteroatoms. The molecule has 0 unspecified atom stereocenters. The monoisotopic (exact) mass is 264 g/mol. The van der Waals surface area contributed by atoms with E-state index in [-0.39, 0.29) is 0 Å². The molecule has 1 atom stereocenters. The maximum atomic E-state index is 5.28. The van der Waals surface area contributed by atoms with Crippen molar-refractivity contribution in [3.05, 3.63) is 29.8 Å². The highest BCUT2D eigenvalue weighted by molar-refractivity contribution is 7.80. The average Bonchev–Trinajstić information content (AvgIpc) is 3.21. The topological polar surface area (TPSA) is 33.3 Å². The Kier molecular flexibility index (Phi) is 4.42. The largest absolute Gasteiger partial charge is 0.497 e. The van der Waals surface area contributed by atoms with Crippen LogP contribution in [-0.2, 0) is 6.54 Å². The molecular formula is C14H20N2OS. The third kappa shape index (κ3) is 3.88. The van der Waals surface area contributed by atoms with Crippen LogP contribution >= 0.6 is 12.2 Å². The number of hydrogen-bond acceptors (Lipinski definition) is 2. The smallest absolute Gasteiger partial charge is 0.166 e. The summed E-state index contributed by atoms with van der Waals surface area (Å²) in [5.41, 5.74) is 1.19. The first-order valence-corrected chi connectivity index (χ1v) is 6.77. The van der Waals surface area contributed by atoms with Gasteiger partial charge in [-0.05, 0) is 55.6 Å². The number of benzene rings is 1. The van der Waals surface area contributed by atoms with Crippen LogP contribution in [0.2, 0.25) is 0 Å². The van der Waals surface area contributed by atoms with Crippen LogP contribution < -0.4 is 15.4 Å². The van der Waals surface area contributed by atoms with Gasteiger partial charge in [0.2, 0.25) is 0 Å². The van der Waals surface area contributed by atoms with Crippen molar-refractivity contribution in [3.63, 3.8) is 0 Å². The zero-order valence-corrected chi connectivity index (χ0v) is 11.7. The molecule has 0 amide bonds. The fourth-order valence-corrected chi connectivity index (χ4v) is 2.16. The summed E-state index contributed by atoms with van der Waals surface area (Å²) in [6, 6.07) is 8.49. The molecule has 1 aromatic carbocycles. The van der Waals surface area contributed by atoms with Crippen LogP contribution in [0.15, 0.2) is 24.3 Å². The summed E-state index contributed by atoms with van der Waals surface area (Å²) in [5.74, 6) is 1.69. The predicted octanol–water partition coefficient (Wildman–Crippen LogP) is 2.46. The van der Waals surface area contributed by atoms with E-state index in [2.05, 4.69) is 17.6 Å². The van der Waals surface area contributed by atoms with E-state index in [1.165, 1.54) is 18.4 Å². The van der Waals surface area contributed by atoms with Crippen LogP contribution in [0.4, 0.5) is 0 Å². The van der Waals surface area contributed by atoms with Gasteiger partial charge in [0.05, 0.1) is 7.11 Å². The highest BCUT2D eigenvalue weighted by Crippen LogP contribution is 2.32. The number of hydrogen-bond donors (Lipinski definition) is 2. The molecule has 0 saturated heterocycles. The van der Waals surface area contributed by atoms with E-state index >= 15 is 0 Å². The van der Waals surface area contributed by atoms with Crippen molar-refractivity contribution in [1.82, 2.24) is 10.6 Å². The molecule has 2 N–H and O–H groups in total. The lowest BCUT2D eigenvalue weighted by Gasteiger charge is -2.16. The molecular weight excluding hydrogens is 244 g/mol. The van der Waals surface area contributed by atoms with Crippen LogP contribution in [0.5, 0.6) is 5.75 Å². The van der Waals surface area contributed by atoms with Gasteiger partial charge in [-0.2, -0.15) is 0 Å². The lowest BCUT2D eigenvalue weighted by molar-refractivity contribution is 0.414. The zero-order chi connectivity index (χ0) is 13.0. The highest BCUT2D eigenvalue weighted by Gasteiger charge is 2.28. The quantitative estimate of drug-likeness (QED) is 0.800. The van der Waals surface area contributed by atoms with Crippen LogP contribution in [-0.4, -0.2) is 18.3 Å². The van der Waals surface area contributed by atoms with E-state index in [1.54, 1.807) is 7.11 Å². The van der Waals surface area contributed by atoms with Gasteiger partial charge in [-0.15, -0.1) is 0 Å². The van der Waals surface area contributed by atoms with Gasteiger partial charge in [-0.1, -0.05) is 12.1 Å². The summed E-state index contributed by atoms with van der Waals surface area (Å²) >= 11 is 5.28. The average molecular weight is 264 g/mol. The van der Waals surface area contributed by atoms with Gasteiger partial charge < -0.3 is 15.4 Å². The predicted molar refractivity (Wildman–Crippen MR) is 77.8 cm³/mol. The Labute approximate surface area is 114 Å². The summed E-state index contributed by atoms with van der Waals surface area (Å²) in [6.07, 6.45) is 2.66. The van der Waals surface area contributed by atoms with Crippen molar-refractivity contribution in [2.45, 2.75) is 32.4 Å². The van der Waals surface area contributed by atoms with Crippen LogP contribution in [0.25, 0.3) is 0 Å². The minimum atomic E-state index is 0.487. The van der Waals surface area contributed by atoms with E-state index in [4.69, 9.17) is 17.0 Å². The Bertz CT molecular complexity index is 401. The second kappa shape index (κ2) is 6.05. The molecule has 1 fully saturated rings. The third-order valence-electron chi connectivity index (χ3n) is 3.30. The number of methoxy groups -OCH3 is 1. The van der Waals surface area contributed by atoms with E-state index in [0.717, 1.165) is 23.3 Å². The van der Waals surface area contributed by atoms with Gasteiger partial charge in [0, 0.05) is 12.6 Å². The summed E-state index contributed by atoms with van der Waals surface area (Å²) in [6.45, 7) is 2.94. The summed E-state index contributed by atoms with van der Waals surface area (Å²) < 4.78 is 5.12. The van der Waals surface area contributed by atoms with Crippen molar-refractivity contribution >= 4 is 17.3 Å². The number of nitrogens with one attached hydrogen (secondary N) is 2. The molecule has 0 bridgehead atoms.